The first-order valence-electron chi connectivity index (χ1n) is 5.86. The van der Waals surface area contributed by atoms with E-state index in [9.17, 15) is 9.59 Å². The number of hydrogen-bond acceptors (Lipinski definition) is 5. The maximum atomic E-state index is 12.2. The minimum atomic E-state index is -0.552. The molecule has 0 aliphatic rings. The van der Waals surface area contributed by atoms with Crippen molar-refractivity contribution in [3.05, 3.63) is 51.5 Å². The molecule has 0 unspecified atom stereocenters. The Kier molecular flexibility index (Phi) is 3.03. The standard InChI is InChI=1S/C13H10N4O2S/c1-7-6-20-13(14-7)17-11(18)10-8-4-2-3-5-9(8)15-12(19)16-10/h2-6H,1H3,(H,14,17,18)(H,15,16,19). The second kappa shape index (κ2) is 4.86. The number of benzene rings is 1. The molecule has 6 nitrogen and oxygen atoms in total. The molecule has 0 aliphatic heterocycles. The van der Waals surface area contributed by atoms with Gasteiger partial charge in [-0.2, -0.15) is 4.98 Å². The maximum Gasteiger partial charge on any atom is 0.346 e. The number of fused-ring (bicyclic) bond motifs is 1. The maximum absolute atomic E-state index is 12.2. The van der Waals surface area contributed by atoms with Gasteiger partial charge in [0.1, 0.15) is 5.69 Å². The van der Waals surface area contributed by atoms with E-state index in [1.54, 1.807) is 24.3 Å². The lowest BCUT2D eigenvalue weighted by Crippen LogP contribution is -2.21. The third-order valence-corrected chi connectivity index (χ3v) is 3.57. The van der Waals surface area contributed by atoms with Crippen LogP contribution in [0, 0.1) is 6.92 Å². The summed E-state index contributed by atoms with van der Waals surface area (Å²) in [6, 6.07) is 7.03. The van der Waals surface area contributed by atoms with E-state index >= 15 is 0 Å². The van der Waals surface area contributed by atoms with Crippen LogP contribution in [0.2, 0.25) is 0 Å². The summed E-state index contributed by atoms with van der Waals surface area (Å²) in [5.41, 5.74) is 0.948. The predicted octanol–water partition coefficient (Wildman–Crippen LogP) is 1.94. The van der Waals surface area contributed by atoms with Gasteiger partial charge < -0.3 is 4.98 Å². The molecule has 0 aliphatic carbocycles. The number of carbonyl (C=O) groups is 1. The Hall–Kier alpha value is -2.54. The quantitative estimate of drug-likeness (QED) is 0.753. The molecule has 100 valence electrons. The molecule has 0 atom stereocenters. The zero-order valence-corrected chi connectivity index (χ0v) is 11.3. The molecule has 20 heavy (non-hydrogen) atoms. The van der Waals surface area contributed by atoms with Gasteiger partial charge in [-0.25, -0.2) is 9.78 Å². The number of carbonyl (C=O) groups excluding carboxylic acids is 1. The summed E-state index contributed by atoms with van der Waals surface area (Å²) in [7, 11) is 0. The first-order valence-corrected chi connectivity index (χ1v) is 6.74. The average molecular weight is 286 g/mol. The van der Waals surface area contributed by atoms with E-state index < -0.39 is 11.6 Å². The third-order valence-electron chi connectivity index (χ3n) is 2.69. The first-order chi connectivity index (χ1) is 9.63. The molecule has 0 saturated carbocycles. The number of amides is 1. The summed E-state index contributed by atoms with van der Waals surface area (Å²) in [5, 5.41) is 5.56. The van der Waals surface area contributed by atoms with Gasteiger partial charge in [0, 0.05) is 10.8 Å². The van der Waals surface area contributed by atoms with Crippen molar-refractivity contribution in [2.75, 3.05) is 5.32 Å². The minimum absolute atomic E-state index is 0.0946. The molecule has 0 saturated heterocycles. The fourth-order valence-electron chi connectivity index (χ4n) is 1.84. The lowest BCUT2D eigenvalue weighted by Gasteiger charge is -2.04. The Labute approximate surface area is 117 Å². The van der Waals surface area contributed by atoms with Crippen LogP contribution < -0.4 is 11.0 Å². The summed E-state index contributed by atoms with van der Waals surface area (Å²) < 4.78 is 0. The number of H-pyrrole nitrogens is 1. The van der Waals surface area contributed by atoms with Gasteiger partial charge in [-0.1, -0.05) is 18.2 Å². The second-order valence-electron chi connectivity index (χ2n) is 4.18. The molecule has 0 spiro atoms. The Morgan fingerprint density at radius 1 is 1.30 bits per heavy atom. The summed E-state index contributed by atoms with van der Waals surface area (Å²) in [4.78, 5) is 34.2. The molecular weight excluding hydrogens is 276 g/mol. The number of para-hydroxylation sites is 1. The van der Waals surface area contributed by atoms with E-state index in [0.717, 1.165) is 5.69 Å². The van der Waals surface area contributed by atoms with Crippen molar-refractivity contribution in [1.29, 1.82) is 0 Å². The lowest BCUT2D eigenvalue weighted by atomic mass is 10.2. The van der Waals surface area contributed by atoms with Crippen LogP contribution in [0.25, 0.3) is 10.9 Å². The molecule has 0 fully saturated rings. The number of anilines is 1. The molecule has 7 heteroatoms. The molecule has 3 aromatic rings. The Morgan fingerprint density at radius 2 is 2.10 bits per heavy atom. The topological polar surface area (TPSA) is 87.7 Å². The van der Waals surface area contributed by atoms with Crippen molar-refractivity contribution in [2.45, 2.75) is 6.92 Å². The van der Waals surface area contributed by atoms with Crippen LogP contribution in [0.15, 0.2) is 34.4 Å². The lowest BCUT2D eigenvalue weighted by molar-refractivity contribution is 0.102. The number of aryl methyl sites for hydroxylation is 1. The predicted molar refractivity (Wildman–Crippen MR) is 77.2 cm³/mol. The van der Waals surface area contributed by atoms with Crippen molar-refractivity contribution in [1.82, 2.24) is 15.0 Å². The SMILES string of the molecule is Cc1csc(NC(=O)c2nc(=O)[nH]c3ccccc23)n1. The van der Waals surface area contributed by atoms with E-state index in [1.165, 1.54) is 11.3 Å². The molecule has 0 bridgehead atoms. The van der Waals surface area contributed by atoms with Crippen LogP contribution in [-0.4, -0.2) is 20.9 Å². The van der Waals surface area contributed by atoms with Crippen molar-refractivity contribution < 1.29 is 4.79 Å². The van der Waals surface area contributed by atoms with E-state index in [-0.39, 0.29) is 5.69 Å². The van der Waals surface area contributed by atoms with Gasteiger partial charge in [-0.05, 0) is 13.0 Å². The van der Waals surface area contributed by atoms with Crippen LogP contribution >= 0.6 is 11.3 Å². The van der Waals surface area contributed by atoms with Crippen LogP contribution in [0.1, 0.15) is 16.2 Å². The first kappa shape index (κ1) is 12.5. The number of nitrogens with zero attached hydrogens (tertiary/aromatic N) is 2. The number of aromatic amines is 1. The fourth-order valence-corrected chi connectivity index (χ4v) is 2.53. The van der Waals surface area contributed by atoms with Gasteiger partial charge in [0.15, 0.2) is 5.13 Å². The van der Waals surface area contributed by atoms with Crippen LogP contribution in [0.3, 0.4) is 0 Å². The second-order valence-corrected chi connectivity index (χ2v) is 5.04. The summed E-state index contributed by atoms with van der Waals surface area (Å²) in [5.74, 6) is -0.443. The van der Waals surface area contributed by atoms with Gasteiger partial charge in [-0.3, -0.25) is 10.1 Å². The Balaban J connectivity index is 2.05. The van der Waals surface area contributed by atoms with Crippen molar-refractivity contribution in [3.8, 4) is 0 Å². The summed E-state index contributed by atoms with van der Waals surface area (Å²) >= 11 is 1.33. The zero-order chi connectivity index (χ0) is 14.1. The van der Waals surface area contributed by atoms with Gasteiger partial charge in [0.05, 0.1) is 11.2 Å². The monoisotopic (exact) mass is 286 g/mol. The molecule has 2 heterocycles. The highest BCUT2D eigenvalue weighted by Gasteiger charge is 2.14. The van der Waals surface area contributed by atoms with Crippen molar-refractivity contribution in [3.63, 3.8) is 0 Å². The molecule has 2 aromatic heterocycles. The van der Waals surface area contributed by atoms with E-state index in [1.807, 2.05) is 12.3 Å². The highest BCUT2D eigenvalue weighted by atomic mass is 32.1. The van der Waals surface area contributed by atoms with Crippen LogP contribution in [0.4, 0.5) is 5.13 Å². The van der Waals surface area contributed by atoms with Gasteiger partial charge in [0.25, 0.3) is 5.91 Å². The largest absolute Gasteiger partial charge is 0.346 e. The number of nitrogens with one attached hydrogen (secondary N) is 2. The average Bonchev–Trinajstić information content (AvgIpc) is 2.83. The van der Waals surface area contributed by atoms with E-state index in [0.29, 0.717) is 16.0 Å². The van der Waals surface area contributed by atoms with Crippen LogP contribution in [-0.2, 0) is 0 Å². The van der Waals surface area contributed by atoms with Gasteiger partial charge in [-0.15, -0.1) is 11.3 Å². The molecule has 1 amide bonds. The molecule has 3 rings (SSSR count). The third kappa shape index (κ3) is 2.30. The highest BCUT2D eigenvalue weighted by molar-refractivity contribution is 7.13. The molecule has 1 aromatic carbocycles. The smallest absolute Gasteiger partial charge is 0.305 e. The highest BCUT2D eigenvalue weighted by Crippen LogP contribution is 2.17. The van der Waals surface area contributed by atoms with Crippen molar-refractivity contribution in [2.24, 2.45) is 0 Å². The summed E-state index contributed by atoms with van der Waals surface area (Å²) in [6.07, 6.45) is 0. The van der Waals surface area contributed by atoms with E-state index in [2.05, 4.69) is 20.3 Å². The van der Waals surface area contributed by atoms with E-state index in [4.69, 9.17) is 0 Å². The molecular formula is C13H10N4O2S. The van der Waals surface area contributed by atoms with Crippen LogP contribution in [0.5, 0.6) is 0 Å². The Bertz CT molecular complexity index is 853. The minimum Gasteiger partial charge on any atom is -0.305 e. The summed E-state index contributed by atoms with van der Waals surface area (Å²) in [6.45, 7) is 1.84. The Morgan fingerprint density at radius 3 is 2.85 bits per heavy atom. The van der Waals surface area contributed by atoms with Gasteiger partial charge in [0.2, 0.25) is 0 Å². The molecule has 0 radical (unpaired) electrons. The molecule has 2 N–H and O–H groups in total. The van der Waals surface area contributed by atoms with Crippen molar-refractivity contribution >= 4 is 33.3 Å². The van der Waals surface area contributed by atoms with Gasteiger partial charge >= 0.3 is 5.69 Å². The normalized spacial score (nSPS) is 10.7. The number of rotatable bonds is 2. The number of aromatic nitrogens is 3. The zero-order valence-electron chi connectivity index (χ0n) is 10.5. The fraction of sp³-hybridized carbons (Fsp3) is 0.0769. The number of thiazole rings is 1. The number of hydrogen-bond donors (Lipinski definition) is 2.